The van der Waals surface area contributed by atoms with Crippen LogP contribution in [0.3, 0.4) is 0 Å². The van der Waals surface area contributed by atoms with Crippen LogP contribution in [0, 0.1) is 0 Å². The third kappa shape index (κ3) is 3.91. The molecule has 128 valence electrons. The molecule has 0 aliphatic heterocycles. The maximum absolute atomic E-state index is 12.4. The zero-order valence-electron chi connectivity index (χ0n) is 14.4. The van der Waals surface area contributed by atoms with Crippen LogP contribution in [0.5, 0.6) is 11.5 Å². The highest BCUT2D eigenvalue weighted by Gasteiger charge is 2.16. The molecule has 0 heterocycles. The first kappa shape index (κ1) is 16.8. The molecule has 0 fully saturated rings. The number of carbonyl (C=O) groups is 1. The Morgan fingerprint density at radius 1 is 0.960 bits per heavy atom. The molecule has 0 aliphatic carbocycles. The fourth-order valence-electron chi connectivity index (χ4n) is 2.72. The third-order valence-corrected chi connectivity index (χ3v) is 4.07. The number of ether oxygens (including phenoxy) is 2. The highest BCUT2D eigenvalue weighted by Crippen LogP contribution is 2.26. The number of hydrogen-bond acceptors (Lipinski definition) is 3. The molecule has 0 spiro atoms. The number of benzene rings is 3. The van der Waals surface area contributed by atoms with E-state index in [-0.39, 0.29) is 5.91 Å². The monoisotopic (exact) mass is 335 g/mol. The molecule has 4 heteroatoms. The SMILES string of the molecule is COc1ccccc1CNC(=O)[C@@H](C)Oc1cccc2ccccc12. The van der Waals surface area contributed by atoms with E-state index in [1.165, 1.54) is 0 Å². The van der Waals surface area contributed by atoms with Gasteiger partial charge < -0.3 is 14.8 Å². The molecule has 0 unspecified atom stereocenters. The Bertz CT molecular complexity index is 870. The van der Waals surface area contributed by atoms with Crippen molar-refractivity contribution in [1.82, 2.24) is 5.32 Å². The molecule has 0 aromatic heterocycles. The second kappa shape index (κ2) is 7.71. The highest BCUT2D eigenvalue weighted by atomic mass is 16.5. The molecule has 0 radical (unpaired) electrons. The maximum atomic E-state index is 12.4. The molecule has 0 saturated heterocycles. The quantitative estimate of drug-likeness (QED) is 0.742. The van der Waals surface area contributed by atoms with E-state index in [2.05, 4.69) is 5.32 Å². The molecule has 3 aromatic carbocycles. The second-order valence-electron chi connectivity index (χ2n) is 5.77. The fraction of sp³-hybridized carbons (Fsp3) is 0.190. The van der Waals surface area contributed by atoms with Crippen molar-refractivity contribution in [2.45, 2.75) is 19.6 Å². The minimum absolute atomic E-state index is 0.168. The summed E-state index contributed by atoms with van der Waals surface area (Å²) >= 11 is 0. The first-order valence-electron chi connectivity index (χ1n) is 8.23. The van der Waals surface area contributed by atoms with Crippen LogP contribution in [0.1, 0.15) is 12.5 Å². The van der Waals surface area contributed by atoms with Crippen LogP contribution in [-0.4, -0.2) is 19.1 Å². The van der Waals surface area contributed by atoms with Crippen LogP contribution in [0.15, 0.2) is 66.7 Å². The summed E-state index contributed by atoms with van der Waals surface area (Å²) in [7, 11) is 1.62. The van der Waals surface area contributed by atoms with E-state index in [0.29, 0.717) is 12.3 Å². The van der Waals surface area contributed by atoms with Crippen LogP contribution in [-0.2, 0) is 11.3 Å². The number of rotatable bonds is 6. The molecule has 0 aliphatic rings. The number of methoxy groups -OCH3 is 1. The number of amides is 1. The van der Waals surface area contributed by atoms with E-state index < -0.39 is 6.10 Å². The number of hydrogen-bond donors (Lipinski definition) is 1. The van der Waals surface area contributed by atoms with Gasteiger partial charge in [-0.15, -0.1) is 0 Å². The first-order valence-corrected chi connectivity index (χ1v) is 8.23. The topological polar surface area (TPSA) is 47.6 Å². The predicted molar refractivity (Wildman–Crippen MR) is 98.9 cm³/mol. The molecule has 1 amide bonds. The van der Waals surface area contributed by atoms with Gasteiger partial charge in [-0.3, -0.25) is 4.79 Å². The van der Waals surface area contributed by atoms with Gasteiger partial charge in [0, 0.05) is 17.5 Å². The average Bonchev–Trinajstić information content (AvgIpc) is 2.66. The Labute approximate surface area is 147 Å². The van der Waals surface area contributed by atoms with Gasteiger partial charge in [-0.1, -0.05) is 54.6 Å². The van der Waals surface area contributed by atoms with Crippen LogP contribution < -0.4 is 14.8 Å². The van der Waals surface area contributed by atoms with Crippen molar-refractivity contribution >= 4 is 16.7 Å². The molecule has 1 N–H and O–H groups in total. The van der Waals surface area contributed by atoms with Crippen molar-refractivity contribution in [1.29, 1.82) is 0 Å². The lowest BCUT2D eigenvalue weighted by Crippen LogP contribution is -2.36. The summed E-state index contributed by atoms with van der Waals surface area (Å²) in [5.41, 5.74) is 0.927. The van der Waals surface area contributed by atoms with Gasteiger partial charge in [0.15, 0.2) is 6.10 Å². The van der Waals surface area contributed by atoms with Crippen molar-refractivity contribution in [3.8, 4) is 11.5 Å². The van der Waals surface area contributed by atoms with Gasteiger partial charge in [-0.25, -0.2) is 0 Å². The maximum Gasteiger partial charge on any atom is 0.261 e. The zero-order valence-corrected chi connectivity index (χ0v) is 14.4. The van der Waals surface area contributed by atoms with Gasteiger partial charge in [0.2, 0.25) is 0 Å². The summed E-state index contributed by atoms with van der Waals surface area (Å²) in [6.45, 7) is 2.14. The van der Waals surface area contributed by atoms with Gasteiger partial charge >= 0.3 is 0 Å². The largest absolute Gasteiger partial charge is 0.496 e. The van der Waals surface area contributed by atoms with E-state index >= 15 is 0 Å². The molecule has 25 heavy (non-hydrogen) atoms. The predicted octanol–water partition coefficient (Wildman–Crippen LogP) is 3.93. The summed E-state index contributed by atoms with van der Waals surface area (Å²) in [6, 6.07) is 21.4. The van der Waals surface area contributed by atoms with Crippen molar-refractivity contribution in [2.75, 3.05) is 7.11 Å². The number of nitrogens with one attached hydrogen (secondary N) is 1. The molecular formula is C21H21NO3. The zero-order chi connectivity index (χ0) is 17.6. The molecule has 1 atom stereocenters. The van der Waals surface area contributed by atoms with E-state index in [0.717, 1.165) is 22.1 Å². The Morgan fingerprint density at radius 2 is 1.64 bits per heavy atom. The number of fused-ring (bicyclic) bond motifs is 1. The summed E-state index contributed by atoms with van der Waals surface area (Å²) < 4.78 is 11.2. The van der Waals surface area contributed by atoms with Crippen molar-refractivity contribution in [3.05, 3.63) is 72.3 Å². The lowest BCUT2D eigenvalue weighted by Gasteiger charge is -2.17. The van der Waals surface area contributed by atoms with Gasteiger partial charge in [-0.2, -0.15) is 0 Å². The minimum atomic E-state index is -0.597. The van der Waals surface area contributed by atoms with Crippen LogP contribution in [0.2, 0.25) is 0 Å². The third-order valence-electron chi connectivity index (χ3n) is 4.07. The summed E-state index contributed by atoms with van der Waals surface area (Å²) in [5.74, 6) is 1.29. The normalized spacial score (nSPS) is 11.8. The fourth-order valence-corrected chi connectivity index (χ4v) is 2.72. The van der Waals surface area contributed by atoms with Gasteiger partial charge in [0.25, 0.3) is 5.91 Å². The molecule has 0 saturated carbocycles. The molecular weight excluding hydrogens is 314 g/mol. The molecule has 3 rings (SSSR count). The summed E-state index contributed by atoms with van der Waals surface area (Å²) in [5, 5.41) is 4.98. The minimum Gasteiger partial charge on any atom is -0.496 e. The average molecular weight is 335 g/mol. The smallest absolute Gasteiger partial charge is 0.261 e. The molecule has 4 nitrogen and oxygen atoms in total. The van der Waals surface area contributed by atoms with E-state index in [9.17, 15) is 4.79 Å². The summed E-state index contributed by atoms with van der Waals surface area (Å²) in [4.78, 5) is 12.4. The van der Waals surface area contributed by atoms with Crippen molar-refractivity contribution in [3.63, 3.8) is 0 Å². The lowest BCUT2D eigenvalue weighted by molar-refractivity contribution is -0.127. The first-order chi connectivity index (χ1) is 12.2. The van der Waals surface area contributed by atoms with Gasteiger partial charge in [0.05, 0.1) is 7.11 Å². The number of carbonyl (C=O) groups excluding carboxylic acids is 1. The Kier molecular flexibility index (Phi) is 5.19. The second-order valence-corrected chi connectivity index (χ2v) is 5.77. The Morgan fingerprint density at radius 3 is 2.48 bits per heavy atom. The standard InChI is InChI=1S/C21H21NO3/c1-15(21(23)22-14-17-9-4-6-12-19(17)24-2)25-20-13-7-10-16-8-3-5-11-18(16)20/h3-13,15H,14H2,1-2H3,(H,22,23)/t15-/m1/s1. The van der Waals surface area contributed by atoms with Gasteiger partial charge in [-0.05, 0) is 24.4 Å². The van der Waals surface area contributed by atoms with Crippen LogP contribution >= 0.6 is 0 Å². The van der Waals surface area contributed by atoms with Crippen LogP contribution in [0.25, 0.3) is 10.8 Å². The Hall–Kier alpha value is -3.01. The van der Waals surface area contributed by atoms with E-state index in [4.69, 9.17) is 9.47 Å². The van der Waals surface area contributed by atoms with Crippen molar-refractivity contribution in [2.24, 2.45) is 0 Å². The highest BCUT2D eigenvalue weighted by molar-refractivity contribution is 5.89. The number of para-hydroxylation sites is 1. The molecule has 0 bridgehead atoms. The Balaban J connectivity index is 1.66. The van der Waals surface area contributed by atoms with Gasteiger partial charge in [0.1, 0.15) is 11.5 Å². The van der Waals surface area contributed by atoms with Crippen LogP contribution in [0.4, 0.5) is 0 Å². The summed E-state index contributed by atoms with van der Waals surface area (Å²) in [6.07, 6.45) is -0.597. The van der Waals surface area contributed by atoms with E-state index in [1.54, 1.807) is 14.0 Å². The van der Waals surface area contributed by atoms with E-state index in [1.807, 2.05) is 66.7 Å². The molecule has 3 aromatic rings. The lowest BCUT2D eigenvalue weighted by atomic mass is 10.1. The van der Waals surface area contributed by atoms with Crippen molar-refractivity contribution < 1.29 is 14.3 Å².